The maximum absolute atomic E-state index is 10.9. The monoisotopic (exact) mass is 406 g/mol. The average molecular weight is 407 g/mol. The van der Waals surface area contributed by atoms with Crippen LogP contribution in [0, 0.1) is 0 Å². The van der Waals surface area contributed by atoms with Crippen LogP contribution in [0.1, 0.15) is 41.4 Å². The van der Waals surface area contributed by atoms with Crippen LogP contribution in [-0.2, 0) is 19.4 Å². The Labute approximate surface area is 177 Å². The van der Waals surface area contributed by atoms with Crippen molar-refractivity contribution < 1.29 is 4.79 Å². The third kappa shape index (κ3) is 5.04. The second kappa shape index (κ2) is 9.82. The van der Waals surface area contributed by atoms with Crippen molar-refractivity contribution >= 4 is 6.03 Å². The Morgan fingerprint density at radius 1 is 1.23 bits per heavy atom. The molecule has 2 aromatic heterocycles. The van der Waals surface area contributed by atoms with Crippen LogP contribution in [0.4, 0.5) is 4.79 Å². The summed E-state index contributed by atoms with van der Waals surface area (Å²) in [5.41, 5.74) is 10.2. The predicted molar refractivity (Wildman–Crippen MR) is 117 cm³/mol. The summed E-state index contributed by atoms with van der Waals surface area (Å²) in [5, 5.41) is 6.29. The fourth-order valence-corrected chi connectivity index (χ4v) is 4.51. The van der Waals surface area contributed by atoms with E-state index in [2.05, 4.69) is 38.7 Å². The number of hydrogen-bond donors (Lipinski definition) is 3. The number of urea groups is 1. The quantitative estimate of drug-likeness (QED) is 0.612. The van der Waals surface area contributed by atoms with Crippen LogP contribution < -0.4 is 16.4 Å². The van der Waals surface area contributed by atoms with Gasteiger partial charge in [0.15, 0.2) is 0 Å². The van der Waals surface area contributed by atoms with Gasteiger partial charge in [-0.3, -0.25) is 14.9 Å². The van der Waals surface area contributed by atoms with Crippen LogP contribution >= 0.6 is 0 Å². The summed E-state index contributed by atoms with van der Waals surface area (Å²) in [6, 6.07) is 8.54. The molecule has 4 N–H and O–H groups in total. The molecule has 3 heterocycles. The van der Waals surface area contributed by atoms with Crippen molar-refractivity contribution in [2.24, 2.45) is 5.73 Å². The van der Waals surface area contributed by atoms with Crippen molar-refractivity contribution in [1.82, 2.24) is 25.5 Å². The number of pyridine rings is 2. The molecular formula is C23H30N6O. The number of nitrogens with zero attached hydrogens (tertiary/aromatic N) is 3. The lowest BCUT2D eigenvalue weighted by Crippen LogP contribution is -2.46. The molecule has 2 aromatic rings. The number of aromatic nitrogens is 2. The highest BCUT2D eigenvalue weighted by Crippen LogP contribution is 2.33. The van der Waals surface area contributed by atoms with Gasteiger partial charge in [-0.1, -0.05) is 24.3 Å². The van der Waals surface area contributed by atoms with Crippen molar-refractivity contribution in [2.75, 3.05) is 19.6 Å². The van der Waals surface area contributed by atoms with Crippen molar-refractivity contribution in [3.63, 3.8) is 0 Å². The van der Waals surface area contributed by atoms with Gasteiger partial charge in [-0.25, -0.2) is 4.79 Å². The minimum atomic E-state index is -0.500. The number of nitrogens with one attached hydrogen (secondary N) is 2. The number of aryl methyl sites for hydroxylation is 1. The highest BCUT2D eigenvalue weighted by atomic mass is 16.2. The second-order valence-electron chi connectivity index (χ2n) is 8.02. The molecule has 0 aromatic carbocycles. The molecule has 2 aliphatic rings. The van der Waals surface area contributed by atoms with Crippen LogP contribution in [0.2, 0.25) is 0 Å². The topological polar surface area (TPSA) is 96.2 Å². The molecule has 158 valence electrons. The fourth-order valence-electron chi connectivity index (χ4n) is 4.51. The lowest BCUT2D eigenvalue weighted by molar-refractivity contribution is 0.170. The molecule has 2 atom stereocenters. The number of fused-ring (bicyclic) bond motifs is 2. The molecule has 0 saturated carbocycles. The Morgan fingerprint density at radius 2 is 2.07 bits per heavy atom. The number of carbonyl (C=O) groups excluding carboxylic acids is 1. The van der Waals surface area contributed by atoms with Crippen LogP contribution in [0.3, 0.4) is 0 Å². The van der Waals surface area contributed by atoms with Crippen LogP contribution in [0.5, 0.6) is 0 Å². The second-order valence-corrected chi connectivity index (χ2v) is 8.02. The zero-order valence-corrected chi connectivity index (χ0v) is 17.3. The Morgan fingerprint density at radius 3 is 2.93 bits per heavy atom. The van der Waals surface area contributed by atoms with Crippen molar-refractivity contribution in [3.8, 4) is 0 Å². The molecule has 4 rings (SSSR count). The third-order valence-corrected chi connectivity index (χ3v) is 5.97. The van der Waals surface area contributed by atoms with Crippen LogP contribution in [0.25, 0.3) is 0 Å². The first kappa shape index (κ1) is 20.5. The largest absolute Gasteiger partial charge is 0.352 e. The predicted octanol–water partition coefficient (Wildman–Crippen LogP) is 2.10. The number of carbonyl (C=O) groups is 1. The Kier molecular flexibility index (Phi) is 6.71. The van der Waals surface area contributed by atoms with Gasteiger partial charge in [-0.05, 0) is 42.5 Å². The first-order chi connectivity index (χ1) is 14.7. The van der Waals surface area contributed by atoms with Gasteiger partial charge in [0.1, 0.15) is 0 Å². The van der Waals surface area contributed by atoms with Crippen molar-refractivity contribution in [3.05, 3.63) is 71.3 Å². The highest BCUT2D eigenvalue weighted by Gasteiger charge is 2.29. The minimum absolute atomic E-state index is 0.302. The number of hydrogen-bond acceptors (Lipinski definition) is 5. The Bertz CT molecular complexity index is 899. The Hall–Kier alpha value is -2.77. The molecule has 2 amide bonds. The molecule has 7 nitrogen and oxygen atoms in total. The van der Waals surface area contributed by atoms with Crippen molar-refractivity contribution in [1.29, 1.82) is 0 Å². The van der Waals surface area contributed by atoms with E-state index in [1.807, 2.05) is 30.6 Å². The zero-order valence-electron chi connectivity index (χ0n) is 17.3. The van der Waals surface area contributed by atoms with E-state index in [0.29, 0.717) is 18.6 Å². The molecule has 30 heavy (non-hydrogen) atoms. The van der Waals surface area contributed by atoms with Gasteiger partial charge in [-0.2, -0.15) is 0 Å². The van der Waals surface area contributed by atoms with E-state index >= 15 is 0 Å². The van der Waals surface area contributed by atoms with Crippen molar-refractivity contribution in [2.45, 2.75) is 44.3 Å². The molecule has 0 fully saturated rings. The molecule has 1 aliphatic carbocycles. The summed E-state index contributed by atoms with van der Waals surface area (Å²) in [5.74, 6) is 0. The van der Waals surface area contributed by atoms with Gasteiger partial charge in [0.25, 0.3) is 0 Å². The standard InChI is InChI=1S/C23H30N6O/c24-23(30)27-10-1-2-13-29(21-9-3-6-17-7-4-12-26-22(17)21)16-19-14-20-18(15-28-19)8-5-11-25-20/h1-2,4-5,7-8,11-12,19,21,28H,3,6,9-10,13-16H2,(H3,24,27,30)/b2-1-/t19-,21-/m0/s1. The normalized spacial score (nSPS) is 20.7. The molecule has 0 unspecified atom stereocenters. The summed E-state index contributed by atoms with van der Waals surface area (Å²) < 4.78 is 0. The van der Waals surface area contributed by atoms with Gasteiger partial charge in [0.2, 0.25) is 0 Å². The first-order valence-corrected chi connectivity index (χ1v) is 10.7. The molecule has 0 spiro atoms. The summed E-state index contributed by atoms with van der Waals surface area (Å²) in [4.78, 5) is 22.7. The van der Waals surface area contributed by atoms with E-state index in [4.69, 9.17) is 10.7 Å². The third-order valence-electron chi connectivity index (χ3n) is 5.97. The van der Waals surface area contributed by atoms with Gasteiger partial charge >= 0.3 is 6.03 Å². The van der Waals surface area contributed by atoms with Crippen LogP contribution in [0.15, 0.2) is 48.8 Å². The molecule has 0 saturated heterocycles. The van der Waals surface area contributed by atoms with Crippen LogP contribution in [-0.4, -0.2) is 46.6 Å². The van der Waals surface area contributed by atoms with E-state index < -0.39 is 6.03 Å². The molecule has 7 heteroatoms. The Balaban J connectivity index is 1.49. The molecule has 0 bridgehead atoms. The fraction of sp³-hybridized carbons (Fsp3) is 0.435. The lowest BCUT2D eigenvalue weighted by atomic mass is 9.90. The van der Waals surface area contributed by atoms with Gasteiger partial charge in [0, 0.05) is 56.7 Å². The first-order valence-electron chi connectivity index (χ1n) is 10.7. The summed E-state index contributed by atoms with van der Waals surface area (Å²) >= 11 is 0. The number of rotatable bonds is 7. The average Bonchev–Trinajstić information content (AvgIpc) is 2.77. The maximum Gasteiger partial charge on any atom is 0.312 e. The van der Waals surface area contributed by atoms with Gasteiger partial charge in [0.05, 0.1) is 11.7 Å². The van der Waals surface area contributed by atoms with E-state index in [0.717, 1.165) is 38.9 Å². The smallest absolute Gasteiger partial charge is 0.312 e. The van der Waals surface area contributed by atoms with E-state index in [1.165, 1.54) is 28.9 Å². The summed E-state index contributed by atoms with van der Waals surface area (Å²) in [6.07, 6.45) is 12.2. The maximum atomic E-state index is 10.9. The van der Waals surface area contributed by atoms with E-state index in [-0.39, 0.29) is 0 Å². The van der Waals surface area contributed by atoms with E-state index in [1.54, 1.807) is 0 Å². The minimum Gasteiger partial charge on any atom is -0.352 e. The van der Waals surface area contributed by atoms with Gasteiger partial charge in [-0.15, -0.1) is 0 Å². The summed E-state index contributed by atoms with van der Waals surface area (Å²) in [6.45, 7) is 3.03. The number of primary amides is 1. The molecule has 0 radical (unpaired) electrons. The SMILES string of the molecule is NC(=O)NC/C=C\CN(C[C@@H]1Cc2ncccc2CN1)[C@H]1CCCc2cccnc21. The van der Waals surface area contributed by atoms with E-state index in [9.17, 15) is 4.79 Å². The number of amides is 2. The van der Waals surface area contributed by atoms with Gasteiger partial charge < -0.3 is 16.4 Å². The molecular weight excluding hydrogens is 376 g/mol. The number of nitrogens with two attached hydrogens (primary N) is 1. The summed E-state index contributed by atoms with van der Waals surface area (Å²) in [7, 11) is 0. The molecule has 1 aliphatic heterocycles. The lowest BCUT2D eigenvalue weighted by Gasteiger charge is -2.37. The zero-order chi connectivity index (χ0) is 20.8. The highest BCUT2D eigenvalue weighted by molar-refractivity contribution is 5.71.